The summed E-state index contributed by atoms with van der Waals surface area (Å²) in [5, 5.41) is 3.09. The normalized spacial score (nSPS) is 13.5. The monoisotopic (exact) mass is 692 g/mol. The molecule has 1 N–H and O–H groups in total. The summed E-state index contributed by atoms with van der Waals surface area (Å²) in [5.74, 6) is -0.323. The fourth-order valence-electron chi connectivity index (χ4n) is 5.82. The molecule has 0 spiro atoms. The molecule has 7 heteroatoms. The number of unbranched alkanes of at least 4 members (excludes halogenated alkanes) is 16. The molecule has 0 rings (SSSR count). The number of carbonyl (C=O) groups is 3. The van der Waals surface area contributed by atoms with Crippen LogP contribution in [0.3, 0.4) is 0 Å². The van der Waals surface area contributed by atoms with E-state index in [4.69, 9.17) is 14.2 Å². The van der Waals surface area contributed by atoms with Crippen LogP contribution >= 0.6 is 0 Å². The van der Waals surface area contributed by atoms with Gasteiger partial charge < -0.3 is 19.5 Å². The van der Waals surface area contributed by atoms with Crippen LogP contribution in [0.2, 0.25) is 0 Å². The van der Waals surface area contributed by atoms with Crippen LogP contribution in [0.15, 0.2) is 24.3 Å². The Morgan fingerprint density at radius 1 is 0.510 bits per heavy atom. The largest absolute Gasteiger partial charge is 0.462 e. The number of carbonyl (C=O) groups excluding carboxylic acids is 3. The van der Waals surface area contributed by atoms with Gasteiger partial charge in [-0.15, -0.1) is 0 Å². The Balaban J connectivity index is 4.18. The molecule has 2 unspecified atom stereocenters. The van der Waals surface area contributed by atoms with Crippen molar-refractivity contribution in [3.8, 4) is 0 Å². The van der Waals surface area contributed by atoms with E-state index in [9.17, 15) is 14.4 Å². The van der Waals surface area contributed by atoms with E-state index in [-0.39, 0.29) is 36.2 Å². The molecule has 0 saturated heterocycles. The van der Waals surface area contributed by atoms with Gasteiger partial charge in [-0.25, -0.2) is 0 Å². The second-order valence-corrected chi connectivity index (χ2v) is 13.9. The van der Waals surface area contributed by atoms with Crippen molar-refractivity contribution in [1.82, 2.24) is 5.32 Å². The molecular weight excluding hydrogens is 614 g/mol. The first kappa shape index (κ1) is 46.9. The summed E-state index contributed by atoms with van der Waals surface area (Å²) in [7, 11) is 1.89. The van der Waals surface area contributed by atoms with Crippen LogP contribution in [0.25, 0.3) is 0 Å². The van der Waals surface area contributed by atoms with Crippen molar-refractivity contribution >= 4 is 17.9 Å². The summed E-state index contributed by atoms with van der Waals surface area (Å²) in [6.07, 6.45) is 34.0. The van der Waals surface area contributed by atoms with Gasteiger partial charge in [-0.1, -0.05) is 103 Å². The van der Waals surface area contributed by atoms with E-state index in [1.165, 1.54) is 51.4 Å². The topological polar surface area (TPSA) is 90.9 Å². The SMILES string of the molecule is CCCCCC/C=C\C(C)OC(=O)CCCCCCCC(CCCCCCCC(=O)OC(C)/C=C\CCCCCC)OC(=O)CCCNC. The Morgan fingerprint density at radius 2 is 0.898 bits per heavy atom. The highest BCUT2D eigenvalue weighted by atomic mass is 16.5. The first-order valence-electron chi connectivity index (χ1n) is 20.4. The van der Waals surface area contributed by atoms with Gasteiger partial charge in [0.15, 0.2) is 0 Å². The Bertz CT molecular complexity index is 785. The predicted molar refractivity (Wildman–Crippen MR) is 205 cm³/mol. The molecule has 0 aliphatic heterocycles. The maximum atomic E-state index is 12.4. The van der Waals surface area contributed by atoms with Crippen LogP contribution in [0.4, 0.5) is 0 Å². The van der Waals surface area contributed by atoms with Crippen LogP contribution in [-0.4, -0.2) is 49.8 Å². The minimum Gasteiger partial charge on any atom is -0.462 e. The molecule has 7 nitrogen and oxygen atoms in total. The van der Waals surface area contributed by atoms with Gasteiger partial charge in [0.05, 0.1) is 0 Å². The third-order valence-corrected chi connectivity index (χ3v) is 8.82. The van der Waals surface area contributed by atoms with Gasteiger partial charge in [0.2, 0.25) is 0 Å². The number of nitrogens with one attached hydrogen (secondary N) is 1. The number of esters is 3. The van der Waals surface area contributed by atoms with Gasteiger partial charge >= 0.3 is 17.9 Å². The predicted octanol–water partition coefficient (Wildman–Crippen LogP) is 11.3. The second kappa shape index (κ2) is 35.7. The third kappa shape index (κ3) is 34.1. The van der Waals surface area contributed by atoms with Gasteiger partial charge in [-0.3, -0.25) is 14.4 Å². The van der Waals surface area contributed by atoms with Crippen molar-refractivity contribution in [3.63, 3.8) is 0 Å². The molecule has 0 amide bonds. The lowest BCUT2D eigenvalue weighted by molar-refractivity contribution is -0.150. The lowest BCUT2D eigenvalue weighted by Crippen LogP contribution is -2.19. The molecule has 0 radical (unpaired) electrons. The molecule has 0 aliphatic carbocycles. The van der Waals surface area contributed by atoms with E-state index < -0.39 is 0 Å². The fraction of sp³-hybridized carbons (Fsp3) is 0.833. The van der Waals surface area contributed by atoms with Crippen molar-refractivity contribution in [3.05, 3.63) is 24.3 Å². The molecular formula is C42H77NO6. The number of rotatable bonds is 35. The molecule has 49 heavy (non-hydrogen) atoms. The first-order valence-corrected chi connectivity index (χ1v) is 20.4. The molecule has 0 fully saturated rings. The zero-order chi connectivity index (χ0) is 36.2. The van der Waals surface area contributed by atoms with Gasteiger partial charge in [-0.05, 0) is 110 Å². The number of allylic oxidation sites excluding steroid dienone is 2. The minimum atomic E-state index is -0.161. The highest BCUT2D eigenvalue weighted by Crippen LogP contribution is 2.18. The average Bonchev–Trinajstić information content (AvgIpc) is 3.06. The van der Waals surface area contributed by atoms with Gasteiger partial charge in [0.25, 0.3) is 0 Å². The molecule has 286 valence electrons. The Labute approximate surface area is 302 Å². The summed E-state index contributed by atoms with van der Waals surface area (Å²) in [5.41, 5.74) is 0. The number of hydrogen-bond donors (Lipinski definition) is 1. The Hall–Kier alpha value is -2.15. The molecule has 0 saturated carbocycles. The fourth-order valence-corrected chi connectivity index (χ4v) is 5.82. The quantitative estimate of drug-likeness (QED) is 0.0306. The zero-order valence-electron chi connectivity index (χ0n) is 32.6. The maximum Gasteiger partial charge on any atom is 0.306 e. The van der Waals surface area contributed by atoms with Crippen molar-refractivity contribution in [2.24, 2.45) is 0 Å². The number of hydrogen-bond acceptors (Lipinski definition) is 7. The molecule has 0 aromatic carbocycles. The number of ether oxygens (including phenoxy) is 3. The summed E-state index contributed by atoms with van der Waals surface area (Å²) in [6, 6.07) is 0. The summed E-state index contributed by atoms with van der Waals surface area (Å²) < 4.78 is 16.9. The molecule has 0 heterocycles. The van der Waals surface area contributed by atoms with E-state index in [0.29, 0.717) is 19.3 Å². The lowest BCUT2D eigenvalue weighted by atomic mass is 10.0. The highest BCUT2D eigenvalue weighted by molar-refractivity contribution is 5.70. The van der Waals surface area contributed by atoms with Gasteiger partial charge in [0.1, 0.15) is 18.3 Å². The lowest BCUT2D eigenvalue weighted by Gasteiger charge is -2.18. The Kier molecular flexibility index (Phi) is 34.1. The van der Waals surface area contributed by atoms with E-state index in [1.54, 1.807) is 0 Å². The maximum absolute atomic E-state index is 12.4. The van der Waals surface area contributed by atoms with Crippen molar-refractivity contribution < 1.29 is 28.6 Å². The van der Waals surface area contributed by atoms with Crippen LogP contribution in [-0.2, 0) is 28.6 Å². The average molecular weight is 692 g/mol. The molecule has 0 aromatic rings. The highest BCUT2D eigenvalue weighted by Gasteiger charge is 2.15. The second-order valence-electron chi connectivity index (χ2n) is 13.9. The third-order valence-electron chi connectivity index (χ3n) is 8.82. The van der Waals surface area contributed by atoms with Crippen LogP contribution < -0.4 is 5.32 Å². The molecule has 2 atom stereocenters. The molecule has 0 bridgehead atoms. The van der Waals surface area contributed by atoms with E-state index in [2.05, 4.69) is 31.3 Å². The van der Waals surface area contributed by atoms with Gasteiger partial charge in [-0.2, -0.15) is 0 Å². The molecule has 0 aliphatic rings. The van der Waals surface area contributed by atoms with Crippen LogP contribution in [0, 0.1) is 0 Å². The first-order chi connectivity index (χ1) is 23.8. The van der Waals surface area contributed by atoms with E-state index in [0.717, 1.165) is 103 Å². The van der Waals surface area contributed by atoms with Crippen LogP contribution in [0.5, 0.6) is 0 Å². The Morgan fingerprint density at radius 3 is 1.35 bits per heavy atom. The summed E-state index contributed by atoms with van der Waals surface area (Å²) in [4.78, 5) is 36.8. The molecule has 0 aromatic heterocycles. The van der Waals surface area contributed by atoms with Crippen molar-refractivity contribution in [2.75, 3.05) is 13.6 Å². The summed E-state index contributed by atoms with van der Waals surface area (Å²) >= 11 is 0. The zero-order valence-corrected chi connectivity index (χ0v) is 32.6. The van der Waals surface area contributed by atoms with Crippen molar-refractivity contribution in [1.29, 1.82) is 0 Å². The van der Waals surface area contributed by atoms with E-state index in [1.807, 2.05) is 33.0 Å². The van der Waals surface area contributed by atoms with Gasteiger partial charge in [0, 0.05) is 19.3 Å². The summed E-state index contributed by atoms with van der Waals surface area (Å²) in [6.45, 7) is 9.10. The minimum absolute atomic E-state index is 0.0329. The standard InChI is InChI=1S/C42H77NO6/c1-6-8-10-12-16-22-29-37(3)47-40(44)33-26-20-14-18-24-31-39(49-42(46)35-28-36-43-5)32-25-19-15-21-27-34-41(45)48-38(4)30-23-17-13-11-9-7-2/h22-23,29-30,37-39,43H,6-21,24-28,31-36H2,1-5H3/b29-22-,30-23-. The van der Waals surface area contributed by atoms with Crippen LogP contribution in [0.1, 0.15) is 195 Å². The van der Waals surface area contributed by atoms with Crippen molar-refractivity contribution in [2.45, 2.75) is 213 Å². The smallest absolute Gasteiger partial charge is 0.306 e. The van der Waals surface area contributed by atoms with E-state index >= 15 is 0 Å².